The Hall–Kier alpha value is -1.09. The van der Waals surface area contributed by atoms with Crippen molar-refractivity contribution in [1.29, 1.82) is 0 Å². The van der Waals surface area contributed by atoms with Gasteiger partial charge in [-0.15, -0.1) is 0 Å². The summed E-state index contributed by atoms with van der Waals surface area (Å²) in [5.74, 6) is 0.661. The van der Waals surface area contributed by atoms with Gasteiger partial charge in [-0.2, -0.15) is 0 Å². The Labute approximate surface area is 103 Å². The van der Waals surface area contributed by atoms with Gasteiger partial charge in [0.05, 0.1) is 5.92 Å². The molecule has 1 saturated heterocycles. The number of carbonyl (C=O) groups is 1. The highest BCUT2D eigenvalue weighted by Crippen LogP contribution is 2.28. The number of allylic oxidation sites excluding steroid dienone is 1. The van der Waals surface area contributed by atoms with Crippen molar-refractivity contribution in [3.63, 3.8) is 0 Å². The zero-order valence-electron chi connectivity index (χ0n) is 8.86. The number of cyclic esters (lactones) is 1. The van der Waals surface area contributed by atoms with Crippen molar-refractivity contribution in [2.24, 2.45) is 5.92 Å². The van der Waals surface area contributed by atoms with Gasteiger partial charge in [0.1, 0.15) is 5.76 Å². The summed E-state index contributed by atoms with van der Waals surface area (Å²) in [4.78, 5) is 13.2. The molecule has 3 heteroatoms. The quantitative estimate of drug-likeness (QED) is 0.793. The molecule has 0 spiro atoms. The average molecular weight is 281 g/mol. The molecule has 1 heterocycles. The first-order chi connectivity index (χ1) is 7.79. The van der Waals surface area contributed by atoms with Crippen LogP contribution in [0.1, 0.15) is 18.4 Å². The Morgan fingerprint density at radius 3 is 2.75 bits per heavy atom. The number of aryl methyl sites for hydroxylation is 1. The average Bonchev–Trinajstić information content (AvgIpc) is 2.69. The van der Waals surface area contributed by atoms with Crippen LogP contribution in [0.2, 0.25) is 0 Å². The summed E-state index contributed by atoms with van der Waals surface area (Å²) in [5.41, 5.74) is 1.27. The van der Waals surface area contributed by atoms with Crippen molar-refractivity contribution < 1.29 is 9.53 Å². The Morgan fingerprint density at radius 2 is 2.12 bits per heavy atom. The van der Waals surface area contributed by atoms with Crippen molar-refractivity contribution in [2.45, 2.75) is 19.3 Å². The summed E-state index contributed by atoms with van der Waals surface area (Å²) in [6, 6.07) is 10.2. The predicted molar refractivity (Wildman–Crippen MR) is 66.0 cm³/mol. The Balaban J connectivity index is 1.90. The first-order valence-electron chi connectivity index (χ1n) is 5.34. The van der Waals surface area contributed by atoms with Crippen LogP contribution >= 0.6 is 15.9 Å². The second kappa shape index (κ2) is 5.30. The number of carbonyl (C=O) groups excluding carboxylic acids is 1. The molecule has 0 N–H and O–H groups in total. The third kappa shape index (κ3) is 2.73. The van der Waals surface area contributed by atoms with Gasteiger partial charge in [0.15, 0.2) is 0 Å². The van der Waals surface area contributed by atoms with Crippen molar-refractivity contribution in [1.82, 2.24) is 0 Å². The summed E-state index contributed by atoms with van der Waals surface area (Å²) in [5, 5.41) is 0. The van der Waals surface area contributed by atoms with Crippen molar-refractivity contribution in [3.8, 4) is 0 Å². The number of ether oxygens (including phenoxy) is 1. The van der Waals surface area contributed by atoms with Crippen LogP contribution in [0, 0.1) is 5.92 Å². The third-order valence-corrected chi connectivity index (χ3v) is 3.27. The maximum Gasteiger partial charge on any atom is 0.314 e. The van der Waals surface area contributed by atoms with Crippen LogP contribution in [0.15, 0.2) is 41.1 Å². The number of halogens is 1. The zero-order valence-corrected chi connectivity index (χ0v) is 10.4. The highest BCUT2D eigenvalue weighted by molar-refractivity contribution is 9.11. The Kier molecular flexibility index (Phi) is 3.78. The number of hydrogen-bond donors (Lipinski definition) is 0. The molecule has 2 rings (SSSR count). The van der Waals surface area contributed by atoms with Crippen molar-refractivity contribution >= 4 is 21.9 Å². The van der Waals surface area contributed by atoms with Crippen LogP contribution in [0.25, 0.3) is 0 Å². The molecule has 0 radical (unpaired) electrons. The van der Waals surface area contributed by atoms with Gasteiger partial charge in [0.2, 0.25) is 0 Å². The first-order valence-corrected chi connectivity index (χ1v) is 6.26. The molecule has 0 bridgehead atoms. The van der Waals surface area contributed by atoms with E-state index in [9.17, 15) is 4.79 Å². The predicted octanol–water partition coefficient (Wildman–Crippen LogP) is 3.42. The molecule has 16 heavy (non-hydrogen) atoms. The molecule has 84 valence electrons. The molecule has 1 atom stereocenters. The molecule has 0 saturated carbocycles. The number of rotatable bonds is 3. The maximum absolute atomic E-state index is 11.5. The van der Waals surface area contributed by atoms with Crippen LogP contribution in [0.4, 0.5) is 0 Å². The molecule has 1 fully saturated rings. The monoisotopic (exact) mass is 280 g/mol. The fourth-order valence-electron chi connectivity index (χ4n) is 1.85. The van der Waals surface area contributed by atoms with Gasteiger partial charge in [0.25, 0.3) is 0 Å². The molecule has 1 aromatic carbocycles. The second-order valence-electron chi connectivity index (χ2n) is 3.92. The van der Waals surface area contributed by atoms with E-state index in [2.05, 4.69) is 28.1 Å². The van der Waals surface area contributed by atoms with E-state index in [0.717, 1.165) is 25.0 Å². The summed E-state index contributed by atoms with van der Waals surface area (Å²) in [7, 11) is 0. The van der Waals surface area contributed by atoms with Gasteiger partial charge in [-0.3, -0.25) is 4.79 Å². The highest BCUT2D eigenvalue weighted by atomic mass is 79.9. The van der Waals surface area contributed by atoms with Crippen LogP contribution in [0.3, 0.4) is 0 Å². The highest BCUT2D eigenvalue weighted by Gasteiger charge is 2.29. The fraction of sp³-hybridized carbons (Fsp3) is 0.308. The second-order valence-corrected chi connectivity index (χ2v) is 4.38. The lowest BCUT2D eigenvalue weighted by atomic mass is 9.98. The lowest BCUT2D eigenvalue weighted by Crippen LogP contribution is -2.08. The minimum Gasteiger partial charge on any atom is -0.430 e. The third-order valence-electron chi connectivity index (χ3n) is 2.76. The van der Waals surface area contributed by atoms with E-state index < -0.39 is 0 Å². The van der Waals surface area contributed by atoms with E-state index in [1.165, 1.54) is 5.56 Å². The van der Waals surface area contributed by atoms with E-state index >= 15 is 0 Å². The first kappa shape index (κ1) is 11.4. The van der Waals surface area contributed by atoms with Crippen molar-refractivity contribution in [3.05, 3.63) is 46.6 Å². The minimum atomic E-state index is -0.0957. The van der Waals surface area contributed by atoms with Crippen LogP contribution in [0.5, 0.6) is 0 Å². The lowest BCUT2D eigenvalue weighted by molar-refractivity contribution is -0.139. The van der Waals surface area contributed by atoms with Gasteiger partial charge in [-0.25, -0.2) is 0 Å². The Morgan fingerprint density at radius 1 is 1.38 bits per heavy atom. The van der Waals surface area contributed by atoms with Gasteiger partial charge < -0.3 is 4.74 Å². The summed E-state index contributed by atoms with van der Waals surface area (Å²) >= 11 is 3.19. The van der Waals surface area contributed by atoms with E-state index in [1.54, 1.807) is 4.99 Å². The SMILES string of the molecule is O=C1O/C(=C/Br)CC1CCc1ccccc1. The molecular weight excluding hydrogens is 268 g/mol. The van der Waals surface area contributed by atoms with Gasteiger partial charge in [-0.1, -0.05) is 46.3 Å². The zero-order chi connectivity index (χ0) is 11.4. The van der Waals surface area contributed by atoms with Gasteiger partial charge >= 0.3 is 5.97 Å². The molecule has 1 unspecified atom stereocenters. The van der Waals surface area contributed by atoms with Crippen LogP contribution in [-0.2, 0) is 16.0 Å². The molecule has 2 nitrogen and oxygen atoms in total. The van der Waals surface area contributed by atoms with E-state index in [1.807, 2.05) is 18.2 Å². The lowest BCUT2D eigenvalue weighted by Gasteiger charge is -2.04. The van der Waals surface area contributed by atoms with Gasteiger partial charge in [-0.05, 0) is 18.4 Å². The standard InChI is InChI=1S/C13H13BrO2/c14-9-12-8-11(13(15)16-12)7-6-10-4-2-1-3-5-10/h1-5,9,11H,6-8H2/b12-9+. The molecule has 1 aliphatic rings. The van der Waals surface area contributed by atoms with Crippen LogP contribution in [-0.4, -0.2) is 5.97 Å². The summed E-state index contributed by atoms with van der Waals surface area (Å²) < 4.78 is 5.09. The number of esters is 1. The maximum atomic E-state index is 11.5. The molecule has 0 aliphatic carbocycles. The van der Waals surface area contributed by atoms with Crippen molar-refractivity contribution in [2.75, 3.05) is 0 Å². The Bertz CT molecular complexity index is 398. The van der Waals surface area contributed by atoms with E-state index in [0.29, 0.717) is 0 Å². The molecule has 0 amide bonds. The van der Waals surface area contributed by atoms with E-state index in [-0.39, 0.29) is 11.9 Å². The molecule has 1 aliphatic heterocycles. The largest absolute Gasteiger partial charge is 0.430 e. The fourth-order valence-corrected chi connectivity index (χ4v) is 2.13. The minimum absolute atomic E-state index is 0.0176. The molecular formula is C13H13BrO2. The number of benzene rings is 1. The van der Waals surface area contributed by atoms with E-state index in [4.69, 9.17) is 4.74 Å². The summed E-state index contributed by atoms with van der Waals surface area (Å²) in [6.07, 6.45) is 2.50. The normalized spacial score (nSPS) is 22.4. The summed E-state index contributed by atoms with van der Waals surface area (Å²) in [6.45, 7) is 0. The molecule has 1 aromatic rings. The topological polar surface area (TPSA) is 26.3 Å². The van der Waals surface area contributed by atoms with Gasteiger partial charge in [0, 0.05) is 11.4 Å². The molecule has 0 aromatic heterocycles. The number of hydrogen-bond acceptors (Lipinski definition) is 2. The van der Waals surface area contributed by atoms with Crippen LogP contribution < -0.4 is 0 Å². The smallest absolute Gasteiger partial charge is 0.314 e.